The van der Waals surface area contributed by atoms with Crippen LogP contribution < -0.4 is 5.32 Å². The van der Waals surface area contributed by atoms with Crippen molar-refractivity contribution in [3.63, 3.8) is 0 Å². The highest BCUT2D eigenvalue weighted by atomic mass is 16.2. The molecule has 1 saturated carbocycles. The second-order valence-corrected chi connectivity index (χ2v) is 5.32. The van der Waals surface area contributed by atoms with Gasteiger partial charge in [-0.05, 0) is 25.2 Å². The third-order valence-electron chi connectivity index (χ3n) is 3.97. The smallest absolute Gasteiger partial charge is 0.246 e. The molecule has 1 aliphatic heterocycles. The van der Waals surface area contributed by atoms with E-state index in [1.807, 2.05) is 6.92 Å². The molecule has 0 aromatic heterocycles. The van der Waals surface area contributed by atoms with Gasteiger partial charge in [-0.15, -0.1) is 0 Å². The molecular formula is C13H22N2O2. The zero-order chi connectivity index (χ0) is 12.4. The van der Waals surface area contributed by atoms with E-state index in [0.717, 1.165) is 12.8 Å². The molecular weight excluding hydrogens is 216 g/mol. The summed E-state index contributed by atoms with van der Waals surface area (Å²) in [6.07, 6.45) is 4.77. The maximum Gasteiger partial charge on any atom is 0.246 e. The van der Waals surface area contributed by atoms with E-state index < -0.39 is 0 Å². The predicted molar refractivity (Wildman–Crippen MR) is 65.4 cm³/mol. The third-order valence-corrected chi connectivity index (χ3v) is 3.97. The van der Waals surface area contributed by atoms with Gasteiger partial charge in [-0.25, -0.2) is 0 Å². The Morgan fingerprint density at radius 1 is 1.35 bits per heavy atom. The Hall–Kier alpha value is -0.900. The molecule has 1 aliphatic carbocycles. The second-order valence-electron chi connectivity index (χ2n) is 5.32. The largest absolute Gasteiger partial charge is 0.302 e. The molecule has 3 atom stereocenters. The highest BCUT2D eigenvalue weighted by Gasteiger charge is 2.39. The van der Waals surface area contributed by atoms with E-state index in [9.17, 15) is 9.59 Å². The summed E-state index contributed by atoms with van der Waals surface area (Å²) >= 11 is 0. The fourth-order valence-corrected chi connectivity index (χ4v) is 2.92. The number of carbonyl (C=O) groups excluding carboxylic acids is 2. The molecule has 0 radical (unpaired) electrons. The highest BCUT2D eigenvalue weighted by molar-refractivity contribution is 6.05. The number of hydrogen-bond acceptors (Lipinski definition) is 3. The van der Waals surface area contributed by atoms with Gasteiger partial charge in [0, 0.05) is 12.6 Å². The van der Waals surface area contributed by atoms with Crippen molar-refractivity contribution >= 4 is 11.8 Å². The summed E-state index contributed by atoms with van der Waals surface area (Å²) in [6, 6.07) is 0.151. The van der Waals surface area contributed by atoms with Crippen molar-refractivity contribution in [1.29, 1.82) is 0 Å². The average Bonchev–Trinajstić information content (AvgIpc) is 2.79. The molecule has 17 heavy (non-hydrogen) atoms. The topological polar surface area (TPSA) is 49.4 Å². The van der Waals surface area contributed by atoms with E-state index in [-0.39, 0.29) is 17.9 Å². The van der Waals surface area contributed by atoms with Crippen molar-refractivity contribution in [2.45, 2.75) is 58.0 Å². The van der Waals surface area contributed by atoms with Gasteiger partial charge in [0.25, 0.3) is 0 Å². The van der Waals surface area contributed by atoms with Crippen LogP contribution in [-0.4, -0.2) is 35.3 Å². The zero-order valence-electron chi connectivity index (χ0n) is 10.7. The van der Waals surface area contributed by atoms with Crippen LogP contribution in [-0.2, 0) is 9.59 Å². The number of carbonyl (C=O) groups is 2. The first kappa shape index (κ1) is 12.6. The summed E-state index contributed by atoms with van der Waals surface area (Å²) in [5.74, 6) is 0.592. The lowest BCUT2D eigenvalue weighted by atomic mass is 10.0. The van der Waals surface area contributed by atoms with Gasteiger partial charge < -0.3 is 5.32 Å². The Morgan fingerprint density at radius 3 is 2.71 bits per heavy atom. The molecule has 96 valence electrons. The van der Waals surface area contributed by atoms with Gasteiger partial charge in [-0.1, -0.05) is 20.3 Å². The SMILES string of the molecule is CCCN1C(=O)CC(NC2CCCC2C)C1=O. The normalized spacial score (nSPS) is 33.8. The number of likely N-dealkylation sites (tertiary alicyclic amines) is 1. The van der Waals surface area contributed by atoms with Crippen LogP contribution in [0.3, 0.4) is 0 Å². The lowest BCUT2D eigenvalue weighted by Gasteiger charge is -2.21. The summed E-state index contributed by atoms with van der Waals surface area (Å²) < 4.78 is 0. The Kier molecular flexibility index (Phi) is 3.82. The molecule has 2 amide bonds. The zero-order valence-corrected chi connectivity index (χ0v) is 10.7. The Morgan fingerprint density at radius 2 is 2.12 bits per heavy atom. The van der Waals surface area contributed by atoms with E-state index in [0.29, 0.717) is 24.9 Å². The minimum Gasteiger partial charge on any atom is -0.302 e. The maximum atomic E-state index is 12.0. The van der Waals surface area contributed by atoms with Crippen molar-refractivity contribution in [2.24, 2.45) is 5.92 Å². The van der Waals surface area contributed by atoms with Gasteiger partial charge in [-0.3, -0.25) is 14.5 Å². The molecule has 0 aromatic rings. The van der Waals surface area contributed by atoms with E-state index in [1.54, 1.807) is 0 Å². The lowest BCUT2D eigenvalue weighted by Crippen LogP contribution is -2.44. The van der Waals surface area contributed by atoms with Crippen LogP contribution in [0.5, 0.6) is 0 Å². The Bertz CT molecular complexity index is 317. The minimum absolute atomic E-state index is 0.0139. The molecule has 2 aliphatic rings. The van der Waals surface area contributed by atoms with Crippen LogP contribution in [0.2, 0.25) is 0 Å². The molecule has 0 bridgehead atoms. The standard InChI is InChI=1S/C13H22N2O2/c1-3-7-15-12(16)8-11(13(15)17)14-10-6-4-5-9(10)2/h9-11,14H,3-8H2,1-2H3. The number of amides is 2. The van der Waals surface area contributed by atoms with Gasteiger partial charge in [0.1, 0.15) is 0 Å². The molecule has 1 saturated heterocycles. The van der Waals surface area contributed by atoms with Crippen molar-refractivity contribution < 1.29 is 9.59 Å². The molecule has 2 fully saturated rings. The number of rotatable bonds is 4. The number of nitrogens with zero attached hydrogens (tertiary/aromatic N) is 1. The van der Waals surface area contributed by atoms with E-state index >= 15 is 0 Å². The average molecular weight is 238 g/mol. The van der Waals surface area contributed by atoms with Gasteiger partial charge in [-0.2, -0.15) is 0 Å². The first-order valence-corrected chi connectivity index (χ1v) is 6.73. The first-order chi connectivity index (χ1) is 8.13. The number of nitrogens with one attached hydrogen (secondary N) is 1. The van der Waals surface area contributed by atoms with Crippen LogP contribution >= 0.6 is 0 Å². The fraction of sp³-hybridized carbons (Fsp3) is 0.846. The van der Waals surface area contributed by atoms with E-state index in [1.165, 1.54) is 17.7 Å². The quantitative estimate of drug-likeness (QED) is 0.751. The van der Waals surface area contributed by atoms with Gasteiger partial charge >= 0.3 is 0 Å². The lowest BCUT2D eigenvalue weighted by molar-refractivity contribution is -0.138. The number of hydrogen-bond donors (Lipinski definition) is 1. The fourth-order valence-electron chi connectivity index (χ4n) is 2.92. The van der Waals surface area contributed by atoms with Crippen molar-refractivity contribution in [1.82, 2.24) is 10.2 Å². The molecule has 1 N–H and O–H groups in total. The molecule has 1 heterocycles. The Labute approximate surface area is 103 Å². The predicted octanol–water partition coefficient (Wildman–Crippen LogP) is 1.30. The summed E-state index contributed by atoms with van der Waals surface area (Å²) in [7, 11) is 0. The second kappa shape index (κ2) is 5.17. The monoisotopic (exact) mass is 238 g/mol. The summed E-state index contributed by atoms with van der Waals surface area (Å²) in [6.45, 7) is 4.77. The summed E-state index contributed by atoms with van der Waals surface area (Å²) in [5, 5.41) is 3.38. The maximum absolute atomic E-state index is 12.0. The number of imide groups is 1. The van der Waals surface area contributed by atoms with Gasteiger partial charge in [0.05, 0.1) is 12.5 Å². The van der Waals surface area contributed by atoms with Crippen LogP contribution in [0.15, 0.2) is 0 Å². The highest BCUT2D eigenvalue weighted by Crippen LogP contribution is 2.26. The van der Waals surface area contributed by atoms with Crippen molar-refractivity contribution in [3.05, 3.63) is 0 Å². The van der Waals surface area contributed by atoms with Crippen LogP contribution in [0.4, 0.5) is 0 Å². The molecule has 2 rings (SSSR count). The Balaban J connectivity index is 1.94. The van der Waals surface area contributed by atoms with E-state index in [4.69, 9.17) is 0 Å². The molecule has 4 heteroatoms. The minimum atomic E-state index is -0.264. The van der Waals surface area contributed by atoms with Crippen molar-refractivity contribution in [3.8, 4) is 0 Å². The third kappa shape index (κ3) is 2.51. The molecule has 0 aromatic carbocycles. The van der Waals surface area contributed by atoms with E-state index in [2.05, 4.69) is 12.2 Å². The molecule has 3 unspecified atom stereocenters. The summed E-state index contributed by atoms with van der Waals surface area (Å²) in [5.41, 5.74) is 0. The van der Waals surface area contributed by atoms with Crippen LogP contribution in [0.25, 0.3) is 0 Å². The van der Waals surface area contributed by atoms with Crippen molar-refractivity contribution in [2.75, 3.05) is 6.54 Å². The summed E-state index contributed by atoms with van der Waals surface area (Å²) in [4.78, 5) is 25.2. The molecule has 0 spiro atoms. The van der Waals surface area contributed by atoms with Gasteiger partial charge in [0.15, 0.2) is 0 Å². The van der Waals surface area contributed by atoms with Gasteiger partial charge in [0.2, 0.25) is 11.8 Å². The molecule has 4 nitrogen and oxygen atoms in total. The first-order valence-electron chi connectivity index (χ1n) is 6.73. The van der Waals surface area contributed by atoms with Crippen LogP contribution in [0, 0.1) is 5.92 Å². The van der Waals surface area contributed by atoms with Crippen LogP contribution in [0.1, 0.15) is 46.0 Å².